The van der Waals surface area contributed by atoms with Gasteiger partial charge in [-0.3, -0.25) is 9.59 Å². The summed E-state index contributed by atoms with van der Waals surface area (Å²) in [5.41, 5.74) is 0. The van der Waals surface area contributed by atoms with E-state index in [0.717, 1.165) is 18.9 Å². The molecule has 1 saturated carbocycles. The minimum Gasteiger partial charge on any atom is -0.481 e. The average molecular weight is 336 g/mol. The molecule has 6 nitrogen and oxygen atoms in total. The van der Waals surface area contributed by atoms with Crippen molar-refractivity contribution in [1.82, 2.24) is 0 Å². The van der Waals surface area contributed by atoms with E-state index in [2.05, 4.69) is 11.3 Å². The van der Waals surface area contributed by atoms with Crippen LogP contribution in [0.5, 0.6) is 0 Å². The molecule has 1 aliphatic carbocycles. The Morgan fingerprint density at radius 3 is 2.20 bits per heavy atom. The Labute approximate surface area is 130 Å². The summed E-state index contributed by atoms with van der Waals surface area (Å²) in [6.45, 7) is 3.11. The molecule has 7 heteroatoms. The van der Waals surface area contributed by atoms with E-state index in [4.69, 9.17) is 9.84 Å². The van der Waals surface area contributed by atoms with Crippen molar-refractivity contribution in [3.63, 3.8) is 0 Å². The Morgan fingerprint density at radius 1 is 1.10 bits per heavy atom. The molecule has 0 saturated heterocycles. The molecule has 0 spiro atoms. The number of ether oxygens (including phenoxy) is 2. The van der Waals surface area contributed by atoms with Gasteiger partial charge in [0.25, 0.3) is 0 Å². The van der Waals surface area contributed by atoms with Gasteiger partial charge in [0, 0.05) is 25.6 Å². The molecule has 1 aliphatic rings. The fourth-order valence-corrected chi connectivity index (χ4v) is 2.16. The predicted molar refractivity (Wildman–Crippen MR) is 65.2 cm³/mol. The maximum Gasteiger partial charge on any atom is 0.330 e. The van der Waals surface area contributed by atoms with E-state index in [0.29, 0.717) is 12.8 Å². The number of hydrogen-bond donors (Lipinski definition) is 1. The normalized spacial score (nSPS) is 21.2. The summed E-state index contributed by atoms with van der Waals surface area (Å²) in [6.07, 6.45) is 3.69. The number of carboxylic acid groups (broad SMARTS) is 1. The minimum atomic E-state index is -0.959. The van der Waals surface area contributed by atoms with Gasteiger partial charge in [-0.05, 0) is 12.8 Å². The molecular weight excluding hydrogens is 318 g/mol. The van der Waals surface area contributed by atoms with Crippen molar-refractivity contribution in [1.29, 1.82) is 0 Å². The average Bonchev–Trinajstić information content (AvgIpc) is 2.42. The third kappa shape index (κ3) is 5.82. The molecule has 2 unspecified atom stereocenters. The molecule has 2 atom stereocenters. The van der Waals surface area contributed by atoms with Crippen molar-refractivity contribution in [3.8, 4) is 0 Å². The molecule has 0 aliphatic heterocycles. The van der Waals surface area contributed by atoms with E-state index in [1.165, 1.54) is 0 Å². The van der Waals surface area contributed by atoms with Crippen LogP contribution in [-0.2, 0) is 43.3 Å². The van der Waals surface area contributed by atoms with E-state index in [1.807, 2.05) is 0 Å². The second-order valence-electron chi connectivity index (χ2n) is 4.37. The van der Waals surface area contributed by atoms with Gasteiger partial charge >= 0.3 is 17.9 Å². The van der Waals surface area contributed by atoms with Gasteiger partial charge < -0.3 is 14.6 Å². The molecule has 108 valence electrons. The molecule has 1 rings (SSSR count). The van der Waals surface area contributed by atoms with Crippen molar-refractivity contribution in [3.05, 3.63) is 12.7 Å². The predicted octanol–water partition coefficient (Wildman–Crippen LogP) is 1.15. The SMILES string of the molecule is C=CC(=O)OCCOC(=O)C1CCCCC1C(=O)O.[Zn]. The van der Waals surface area contributed by atoms with Crippen LogP contribution in [0.2, 0.25) is 0 Å². The molecule has 0 bridgehead atoms. The van der Waals surface area contributed by atoms with Gasteiger partial charge in [-0.25, -0.2) is 4.79 Å². The number of carboxylic acids is 1. The second kappa shape index (κ2) is 9.64. The Morgan fingerprint density at radius 2 is 1.65 bits per heavy atom. The Hall–Kier alpha value is -1.23. The van der Waals surface area contributed by atoms with Crippen LogP contribution in [0.25, 0.3) is 0 Å². The van der Waals surface area contributed by atoms with Crippen LogP contribution in [0.3, 0.4) is 0 Å². The van der Waals surface area contributed by atoms with E-state index in [9.17, 15) is 14.4 Å². The first-order chi connectivity index (χ1) is 9.06. The third-order valence-corrected chi connectivity index (χ3v) is 3.12. The first-order valence-electron chi connectivity index (χ1n) is 6.25. The molecular formula is C13H18O6Zn. The molecule has 0 aromatic rings. The van der Waals surface area contributed by atoms with Crippen LogP contribution in [0.1, 0.15) is 25.7 Å². The van der Waals surface area contributed by atoms with Gasteiger partial charge in [-0.1, -0.05) is 19.4 Å². The van der Waals surface area contributed by atoms with Gasteiger partial charge in [0.05, 0.1) is 11.8 Å². The van der Waals surface area contributed by atoms with Crippen LogP contribution in [-0.4, -0.2) is 36.2 Å². The van der Waals surface area contributed by atoms with Gasteiger partial charge in [0.15, 0.2) is 0 Å². The fourth-order valence-electron chi connectivity index (χ4n) is 2.16. The largest absolute Gasteiger partial charge is 0.481 e. The molecule has 0 radical (unpaired) electrons. The minimum absolute atomic E-state index is 0. The smallest absolute Gasteiger partial charge is 0.330 e. The maximum atomic E-state index is 11.8. The molecule has 0 aromatic carbocycles. The van der Waals surface area contributed by atoms with E-state index in [-0.39, 0.29) is 32.7 Å². The fraction of sp³-hybridized carbons (Fsp3) is 0.615. The zero-order valence-electron chi connectivity index (χ0n) is 11.4. The Balaban J connectivity index is 0.00000361. The summed E-state index contributed by atoms with van der Waals surface area (Å²) in [5.74, 6) is -3.34. The summed E-state index contributed by atoms with van der Waals surface area (Å²) >= 11 is 0. The molecule has 20 heavy (non-hydrogen) atoms. The van der Waals surface area contributed by atoms with Crippen LogP contribution in [0.15, 0.2) is 12.7 Å². The van der Waals surface area contributed by atoms with Crippen molar-refractivity contribution in [2.45, 2.75) is 25.7 Å². The monoisotopic (exact) mass is 334 g/mol. The summed E-state index contributed by atoms with van der Waals surface area (Å²) < 4.78 is 9.60. The zero-order chi connectivity index (χ0) is 14.3. The van der Waals surface area contributed by atoms with Gasteiger partial charge in [-0.15, -0.1) is 0 Å². The number of rotatable bonds is 6. The first-order valence-corrected chi connectivity index (χ1v) is 6.25. The Bertz CT molecular complexity index is 368. The van der Waals surface area contributed by atoms with E-state index < -0.39 is 29.7 Å². The number of aliphatic carboxylic acids is 1. The second-order valence-corrected chi connectivity index (χ2v) is 4.37. The summed E-state index contributed by atoms with van der Waals surface area (Å²) in [6, 6.07) is 0. The van der Waals surface area contributed by atoms with Crippen LogP contribution in [0.4, 0.5) is 0 Å². The molecule has 0 heterocycles. The summed E-state index contributed by atoms with van der Waals surface area (Å²) in [7, 11) is 0. The van der Waals surface area contributed by atoms with Crippen LogP contribution < -0.4 is 0 Å². The zero-order valence-corrected chi connectivity index (χ0v) is 14.3. The molecule has 0 aromatic heterocycles. The standard InChI is InChI=1S/C13H18O6.Zn/c1-2-11(14)18-7-8-19-13(17)10-6-4-3-5-9(10)12(15)16;/h2,9-10H,1,3-8H2,(H,15,16);. The van der Waals surface area contributed by atoms with E-state index >= 15 is 0 Å². The van der Waals surface area contributed by atoms with Gasteiger partial charge in [-0.2, -0.15) is 0 Å². The quantitative estimate of drug-likeness (QED) is 0.339. The van der Waals surface area contributed by atoms with Crippen molar-refractivity contribution in [2.24, 2.45) is 11.8 Å². The number of hydrogen-bond acceptors (Lipinski definition) is 5. The third-order valence-electron chi connectivity index (χ3n) is 3.12. The number of carbonyl (C=O) groups excluding carboxylic acids is 2. The molecule has 1 N–H and O–H groups in total. The summed E-state index contributed by atoms with van der Waals surface area (Å²) in [5, 5.41) is 9.05. The van der Waals surface area contributed by atoms with Crippen molar-refractivity contribution < 1.29 is 48.4 Å². The number of carbonyl (C=O) groups is 3. The van der Waals surface area contributed by atoms with Crippen molar-refractivity contribution >= 4 is 17.9 Å². The van der Waals surface area contributed by atoms with Crippen LogP contribution in [0, 0.1) is 11.8 Å². The first kappa shape index (κ1) is 18.8. The van der Waals surface area contributed by atoms with Crippen molar-refractivity contribution in [2.75, 3.05) is 13.2 Å². The molecule has 1 fully saturated rings. The van der Waals surface area contributed by atoms with E-state index in [1.54, 1.807) is 0 Å². The topological polar surface area (TPSA) is 89.9 Å². The van der Waals surface area contributed by atoms with Crippen LogP contribution >= 0.6 is 0 Å². The summed E-state index contributed by atoms with van der Waals surface area (Å²) in [4.78, 5) is 33.6. The van der Waals surface area contributed by atoms with Gasteiger partial charge in [0.1, 0.15) is 13.2 Å². The molecule has 0 amide bonds. The van der Waals surface area contributed by atoms with Gasteiger partial charge in [0.2, 0.25) is 0 Å². The maximum absolute atomic E-state index is 11.8. The Kier molecular flexibility index (Phi) is 9.05. The number of esters is 2.